The summed E-state index contributed by atoms with van der Waals surface area (Å²) < 4.78 is 52.0. The van der Waals surface area contributed by atoms with E-state index in [-0.39, 0.29) is 24.7 Å². The number of likely N-dealkylation sites (tertiary alicyclic amines) is 1. The quantitative estimate of drug-likeness (QED) is 0.410. The molecule has 0 saturated carbocycles. The third-order valence-corrected chi connectivity index (χ3v) is 7.75. The maximum absolute atomic E-state index is 12.9. The van der Waals surface area contributed by atoms with E-state index in [4.69, 9.17) is 9.47 Å². The van der Waals surface area contributed by atoms with Crippen LogP contribution in [0.15, 0.2) is 36.5 Å². The van der Waals surface area contributed by atoms with Crippen molar-refractivity contribution in [3.8, 4) is 5.19 Å². The van der Waals surface area contributed by atoms with Gasteiger partial charge in [-0.25, -0.2) is 4.98 Å². The smallest absolute Gasteiger partial charge is 0.435 e. The monoisotopic (exact) mass is 534 g/mol. The lowest BCUT2D eigenvalue weighted by molar-refractivity contribution is -0.142. The molecule has 198 valence electrons. The summed E-state index contributed by atoms with van der Waals surface area (Å²) in [6.07, 6.45) is 1.77. The van der Waals surface area contributed by atoms with Gasteiger partial charge in [0.2, 0.25) is 5.91 Å². The van der Waals surface area contributed by atoms with Gasteiger partial charge in [0.25, 0.3) is 5.19 Å². The van der Waals surface area contributed by atoms with Crippen molar-refractivity contribution in [3.63, 3.8) is 0 Å². The Bertz CT molecular complexity index is 1230. The van der Waals surface area contributed by atoms with Gasteiger partial charge in [-0.05, 0) is 43.4 Å². The Hall–Kier alpha value is -2.92. The molecule has 1 amide bonds. The van der Waals surface area contributed by atoms with Crippen molar-refractivity contribution in [1.82, 2.24) is 19.7 Å². The van der Waals surface area contributed by atoms with E-state index in [9.17, 15) is 18.0 Å². The molecule has 3 aromatic rings. The molecule has 1 aliphatic carbocycles. The lowest BCUT2D eigenvalue weighted by atomic mass is 9.89. The number of hydrogen-bond acceptors (Lipinski definition) is 6. The first-order chi connectivity index (χ1) is 17.8. The summed E-state index contributed by atoms with van der Waals surface area (Å²) in [5, 5.41) is 4.13. The number of rotatable bonds is 7. The van der Waals surface area contributed by atoms with Crippen LogP contribution in [0.2, 0.25) is 0 Å². The molecule has 11 heteroatoms. The van der Waals surface area contributed by atoms with E-state index in [0.29, 0.717) is 43.4 Å². The number of aryl methyl sites for hydroxylation is 2. The van der Waals surface area contributed by atoms with Crippen LogP contribution >= 0.6 is 11.3 Å². The zero-order chi connectivity index (χ0) is 26.0. The normalized spacial score (nSPS) is 18.6. The number of aromatic nitrogens is 3. The van der Waals surface area contributed by atoms with Crippen molar-refractivity contribution in [2.24, 2.45) is 0 Å². The molecule has 7 nitrogen and oxygen atoms in total. The molecule has 1 atom stereocenters. The van der Waals surface area contributed by atoms with Crippen molar-refractivity contribution < 1.29 is 27.4 Å². The molecule has 37 heavy (non-hydrogen) atoms. The molecule has 1 saturated heterocycles. The predicted molar refractivity (Wildman–Crippen MR) is 131 cm³/mol. The van der Waals surface area contributed by atoms with Gasteiger partial charge in [0.15, 0.2) is 5.69 Å². The maximum Gasteiger partial charge on any atom is 0.435 e. The number of piperidine rings is 1. The summed E-state index contributed by atoms with van der Waals surface area (Å²) >= 11 is 1.47. The van der Waals surface area contributed by atoms with Crippen molar-refractivity contribution in [3.05, 3.63) is 63.9 Å². The van der Waals surface area contributed by atoms with Gasteiger partial charge >= 0.3 is 6.18 Å². The molecule has 3 heterocycles. The minimum absolute atomic E-state index is 0.0718. The van der Waals surface area contributed by atoms with E-state index in [2.05, 4.69) is 34.3 Å². The number of amides is 1. The zero-order valence-electron chi connectivity index (χ0n) is 20.5. The van der Waals surface area contributed by atoms with E-state index in [1.165, 1.54) is 29.4 Å². The first kappa shape index (κ1) is 25.7. The summed E-state index contributed by atoms with van der Waals surface area (Å²) in [6, 6.07) is 9.40. The zero-order valence-corrected chi connectivity index (χ0v) is 21.4. The number of alkyl halides is 3. The molecule has 1 aromatic carbocycles. The largest absolute Gasteiger partial charge is 0.467 e. The van der Waals surface area contributed by atoms with Crippen molar-refractivity contribution >= 4 is 17.2 Å². The molecule has 0 spiro atoms. The molecule has 2 aliphatic rings. The highest BCUT2D eigenvalue weighted by atomic mass is 32.1. The number of halogens is 3. The molecule has 1 aliphatic heterocycles. The van der Waals surface area contributed by atoms with Crippen LogP contribution in [0.4, 0.5) is 13.2 Å². The number of ether oxygens (including phenoxy) is 2. The van der Waals surface area contributed by atoms with Gasteiger partial charge in [0, 0.05) is 37.8 Å². The van der Waals surface area contributed by atoms with Gasteiger partial charge in [-0.1, -0.05) is 35.6 Å². The minimum Gasteiger partial charge on any atom is -0.467 e. The predicted octanol–water partition coefficient (Wildman–Crippen LogP) is 5.33. The Kier molecular flexibility index (Phi) is 7.52. The first-order valence-corrected chi connectivity index (χ1v) is 13.3. The fourth-order valence-electron chi connectivity index (χ4n) is 4.88. The van der Waals surface area contributed by atoms with Crippen LogP contribution in [0, 0.1) is 6.92 Å². The molecule has 2 aromatic heterocycles. The fourth-order valence-corrected chi connectivity index (χ4v) is 5.62. The molecular formula is C26H29F3N4O3S. The highest BCUT2D eigenvalue weighted by Gasteiger charge is 2.35. The first-order valence-electron chi connectivity index (χ1n) is 12.5. The molecular weight excluding hydrogens is 505 g/mol. The average molecular weight is 535 g/mol. The lowest BCUT2D eigenvalue weighted by Crippen LogP contribution is -2.43. The third kappa shape index (κ3) is 6.15. The number of carbonyl (C=O) groups is 1. The second-order valence-electron chi connectivity index (χ2n) is 9.51. The summed E-state index contributed by atoms with van der Waals surface area (Å²) in [4.78, 5) is 19.7. The highest BCUT2D eigenvalue weighted by Crippen LogP contribution is 2.34. The SMILES string of the molecule is Cc1cc(C(F)(F)F)nn1CC(=O)N1CCC(Oc2ncc(COC3CCCc4ccccc43)s2)CC1. The lowest BCUT2D eigenvalue weighted by Gasteiger charge is -2.31. The van der Waals surface area contributed by atoms with Crippen molar-refractivity contribution in [2.45, 2.75) is 70.6 Å². The summed E-state index contributed by atoms with van der Waals surface area (Å²) in [6.45, 7) is 2.72. The Morgan fingerprint density at radius 2 is 1.97 bits per heavy atom. The van der Waals surface area contributed by atoms with Gasteiger partial charge in [-0.3, -0.25) is 9.48 Å². The van der Waals surface area contributed by atoms with Crippen molar-refractivity contribution in [1.29, 1.82) is 0 Å². The molecule has 1 unspecified atom stereocenters. The molecule has 0 bridgehead atoms. The maximum atomic E-state index is 12.9. The van der Waals surface area contributed by atoms with E-state index < -0.39 is 11.9 Å². The number of carbonyl (C=O) groups excluding carboxylic acids is 1. The number of nitrogens with zero attached hydrogens (tertiary/aromatic N) is 4. The van der Waals surface area contributed by atoms with Crippen LogP contribution in [0.1, 0.15) is 59.2 Å². The van der Waals surface area contributed by atoms with E-state index in [0.717, 1.165) is 34.9 Å². The summed E-state index contributed by atoms with van der Waals surface area (Å²) in [5.41, 5.74) is 1.96. The van der Waals surface area contributed by atoms with Gasteiger partial charge in [-0.2, -0.15) is 18.3 Å². The molecule has 0 radical (unpaired) electrons. The second kappa shape index (κ2) is 10.8. The van der Waals surface area contributed by atoms with Crippen LogP contribution in [0.25, 0.3) is 0 Å². The van der Waals surface area contributed by atoms with E-state index in [1.807, 2.05) is 0 Å². The summed E-state index contributed by atoms with van der Waals surface area (Å²) in [5.74, 6) is -0.253. The Morgan fingerprint density at radius 1 is 1.19 bits per heavy atom. The van der Waals surface area contributed by atoms with Gasteiger partial charge < -0.3 is 14.4 Å². The number of hydrogen-bond donors (Lipinski definition) is 0. The number of fused-ring (bicyclic) bond motifs is 1. The van der Waals surface area contributed by atoms with Crippen LogP contribution < -0.4 is 4.74 Å². The van der Waals surface area contributed by atoms with Crippen molar-refractivity contribution in [2.75, 3.05) is 13.1 Å². The van der Waals surface area contributed by atoms with Gasteiger partial charge in [0.05, 0.1) is 17.6 Å². The van der Waals surface area contributed by atoms with Gasteiger partial charge in [0.1, 0.15) is 12.6 Å². The standard InChI is InChI=1S/C26H29F3N4O3S/c1-17-13-23(26(27,28)29)31-33(17)15-24(34)32-11-9-19(10-12-32)36-25-30-14-20(37-25)16-35-22-8-4-6-18-5-2-3-7-21(18)22/h2-3,5,7,13-14,19,22H,4,6,8-12,15-16H2,1H3. The highest BCUT2D eigenvalue weighted by molar-refractivity contribution is 7.13. The Balaban J connectivity index is 1.08. The van der Waals surface area contributed by atoms with Gasteiger partial charge in [-0.15, -0.1) is 0 Å². The van der Waals surface area contributed by atoms with Crippen LogP contribution in [-0.2, 0) is 35.3 Å². The third-order valence-electron chi connectivity index (χ3n) is 6.89. The summed E-state index contributed by atoms with van der Waals surface area (Å²) in [7, 11) is 0. The van der Waals surface area contributed by atoms with Crippen LogP contribution in [0.5, 0.6) is 5.19 Å². The van der Waals surface area contributed by atoms with Crippen LogP contribution in [-0.4, -0.2) is 44.8 Å². The Morgan fingerprint density at radius 3 is 2.73 bits per heavy atom. The molecule has 1 fully saturated rings. The van der Waals surface area contributed by atoms with E-state index in [1.54, 1.807) is 11.1 Å². The molecule has 0 N–H and O–H groups in total. The molecule has 5 rings (SSSR count). The topological polar surface area (TPSA) is 69.5 Å². The van der Waals surface area contributed by atoms with E-state index >= 15 is 0 Å². The second-order valence-corrected chi connectivity index (χ2v) is 10.6. The number of thiazole rings is 1. The average Bonchev–Trinajstić information content (AvgIpc) is 3.49. The minimum atomic E-state index is -4.53. The number of benzene rings is 1. The van der Waals surface area contributed by atoms with Crippen LogP contribution in [0.3, 0.4) is 0 Å². The fraction of sp³-hybridized carbons (Fsp3) is 0.500. The Labute approximate surface area is 217 Å².